The maximum Gasteiger partial charge on any atom is 0.293 e. The van der Waals surface area contributed by atoms with Crippen LogP contribution < -0.4 is 0 Å². The molecule has 0 fully saturated rings. The van der Waals surface area contributed by atoms with Gasteiger partial charge in [0, 0.05) is 19.0 Å². The molecule has 0 saturated carbocycles. The van der Waals surface area contributed by atoms with Gasteiger partial charge in [-0.25, -0.2) is 4.98 Å². The van der Waals surface area contributed by atoms with Gasteiger partial charge in [-0.3, -0.25) is 4.79 Å². The SMILES string of the molecule is CCc1c[nH]c(CC(Cc2ccccc2)OC=O)n1. The van der Waals surface area contributed by atoms with Crippen LogP contribution in [0.3, 0.4) is 0 Å². The molecule has 1 aromatic carbocycles. The first-order valence-corrected chi connectivity index (χ1v) is 6.48. The standard InChI is InChI=1S/C15H18N2O2/c1-2-13-10-16-15(17-13)9-14(19-11-18)8-12-6-4-3-5-7-12/h3-7,10-11,14H,2,8-9H2,1H3,(H,16,17). The highest BCUT2D eigenvalue weighted by Crippen LogP contribution is 2.10. The zero-order valence-corrected chi connectivity index (χ0v) is 11.0. The average Bonchev–Trinajstić information content (AvgIpc) is 2.88. The molecule has 2 aromatic rings. The fourth-order valence-electron chi connectivity index (χ4n) is 2.03. The van der Waals surface area contributed by atoms with E-state index >= 15 is 0 Å². The lowest BCUT2D eigenvalue weighted by Crippen LogP contribution is -2.19. The lowest BCUT2D eigenvalue weighted by atomic mass is 10.1. The van der Waals surface area contributed by atoms with E-state index in [4.69, 9.17) is 4.74 Å². The largest absolute Gasteiger partial charge is 0.464 e. The van der Waals surface area contributed by atoms with E-state index < -0.39 is 0 Å². The summed E-state index contributed by atoms with van der Waals surface area (Å²) in [5.74, 6) is 0.861. The molecule has 0 amide bonds. The second-order valence-electron chi connectivity index (χ2n) is 4.44. The van der Waals surface area contributed by atoms with Crippen molar-refractivity contribution in [3.8, 4) is 0 Å². The molecule has 0 radical (unpaired) electrons. The van der Waals surface area contributed by atoms with E-state index in [0.717, 1.165) is 23.5 Å². The van der Waals surface area contributed by atoms with Crippen molar-refractivity contribution in [2.75, 3.05) is 0 Å². The number of rotatable bonds is 7. The number of carbonyl (C=O) groups excluding carboxylic acids is 1. The van der Waals surface area contributed by atoms with Crippen molar-refractivity contribution in [3.63, 3.8) is 0 Å². The molecule has 1 aromatic heterocycles. The van der Waals surface area contributed by atoms with Gasteiger partial charge in [0.15, 0.2) is 0 Å². The van der Waals surface area contributed by atoms with Crippen LogP contribution in [0.5, 0.6) is 0 Å². The van der Waals surface area contributed by atoms with Crippen LogP contribution in [-0.2, 0) is 28.8 Å². The molecule has 100 valence electrons. The monoisotopic (exact) mass is 258 g/mol. The quantitative estimate of drug-likeness (QED) is 0.775. The molecule has 1 unspecified atom stereocenters. The van der Waals surface area contributed by atoms with E-state index in [1.807, 2.05) is 36.5 Å². The summed E-state index contributed by atoms with van der Waals surface area (Å²) >= 11 is 0. The maximum absolute atomic E-state index is 10.6. The number of aryl methyl sites for hydroxylation is 1. The fourth-order valence-corrected chi connectivity index (χ4v) is 2.03. The molecule has 0 aliphatic rings. The van der Waals surface area contributed by atoms with Gasteiger partial charge in [-0.2, -0.15) is 0 Å². The number of ether oxygens (including phenoxy) is 1. The number of aromatic amines is 1. The molecule has 4 nitrogen and oxygen atoms in total. The van der Waals surface area contributed by atoms with Crippen LogP contribution in [0.25, 0.3) is 0 Å². The molecule has 2 rings (SSSR count). The van der Waals surface area contributed by atoms with Gasteiger partial charge in [-0.05, 0) is 12.0 Å². The zero-order chi connectivity index (χ0) is 13.5. The van der Waals surface area contributed by atoms with Gasteiger partial charge in [0.25, 0.3) is 6.47 Å². The van der Waals surface area contributed by atoms with Crippen molar-refractivity contribution in [1.82, 2.24) is 9.97 Å². The molecule has 0 spiro atoms. The molecular formula is C15H18N2O2. The Morgan fingerprint density at radius 3 is 2.74 bits per heavy atom. The number of hydrogen-bond acceptors (Lipinski definition) is 3. The summed E-state index contributed by atoms with van der Waals surface area (Å²) in [5.41, 5.74) is 2.18. The number of imidazole rings is 1. The average molecular weight is 258 g/mol. The summed E-state index contributed by atoms with van der Waals surface area (Å²) < 4.78 is 5.15. The van der Waals surface area contributed by atoms with Gasteiger partial charge in [-0.15, -0.1) is 0 Å². The summed E-state index contributed by atoms with van der Waals surface area (Å²) in [4.78, 5) is 18.2. The number of hydrogen-bond donors (Lipinski definition) is 1. The third-order valence-corrected chi connectivity index (χ3v) is 3.02. The predicted octanol–water partition coefficient (Wildman–Crippen LogP) is 2.30. The van der Waals surface area contributed by atoms with Crippen LogP contribution in [0.2, 0.25) is 0 Å². The van der Waals surface area contributed by atoms with E-state index in [9.17, 15) is 4.79 Å². The lowest BCUT2D eigenvalue weighted by molar-refractivity contribution is -0.133. The second-order valence-corrected chi connectivity index (χ2v) is 4.44. The minimum Gasteiger partial charge on any atom is -0.464 e. The summed E-state index contributed by atoms with van der Waals surface area (Å²) in [7, 11) is 0. The van der Waals surface area contributed by atoms with Crippen LogP contribution in [0.1, 0.15) is 24.0 Å². The number of carbonyl (C=O) groups is 1. The Balaban J connectivity index is 2.01. The topological polar surface area (TPSA) is 55.0 Å². The first-order valence-electron chi connectivity index (χ1n) is 6.48. The summed E-state index contributed by atoms with van der Waals surface area (Å²) in [6.07, 6.45) is 3.91. The smallest absolute Gasteiger partial charge is 0.293 e. The van der Waals surface area contributed by atoms with Crippen molar-refractivity contribution < 1.29 is 9.53 Å². The van der Waals surface area contributed by atoms with Gasteiger partial charge in [0.2, 0.25) is 0 Å². The van der Waals surface area contributed by atoms with Crippen molar-refractivity contribution >= 4 is 6.47 Å². The highest BCUT2D eigenvalue weighted by Gasteiger charge is 2.13. The second kappa shape index (κ2) is 6.73. The Morgan fingerprint density at radius 1 is 1.32 bits per heavy atom. The van der Waals surface area contributed by atoms with Crippen molar-refractivity contribution in [1.29, 1.82) is 0 Å². The van der Waals surface area contributed by atoms with Crippen molar-refractivity contribution in [2.45, 2.75) is 32.3 Å². The Hall–Kier alpha value is -2.10. The predicted molar refractivity (Wildman–Crippen MR) is 72.8 cm³/mol. The van der Waals surface area contributed by atoms with Crippen LogP contribution in [0.4, 0.5) is 0 Å². The van der Waals surface area contributed by atoms with E-state index in [-0.39, 0.29) is 6.10 Å². The van der Waals surface area contributed by atoms with Gasteiger partial charge >= 0.3 is 0 Å². The number of aromatic nitrogens is 2. The first kappa shape index (κ1) is 13.3. The lowest BCUT2D eigenvalue weighted by Gasteiger charge is -2.13. The molecule has 1 atom stereocenters. The summed E-state index contributed by atoms with van der Waals surface area (Å²) in [6.45, 7) is 2.57. The zero-order valence-electron chi connectivity index (χ0n) is 11.0. The third kappa shape index (κ3) is 3.95. The van der Waals surface area contributed by atoms with Crippen LogP contribution in [0.15, 0.2) is 36.5 Å². The number of H-pyrrole nitrogens is 1. The minimum absolute atomic E-state index is 0.184. The summed E-state index contributed by atoms with van der Waals surface area (Å²) in [6, 6.07) is 9.99. The minimum atomic E-state index is -0.184. The van der Waals surface area contributed by atoms with Crippen LogP contribution in [0, 0.1) is 0 Å². The molecule has 0 bridgehead atoms. The summed E-state index contributed by atoms with van der Waals surface area (Å²) in [5, 5.41) is 0. The maximum atomic E-state index is 10.6. The third-order valence-electron chi connectivity index (χ3n) is 3.02. The molecule has 1 heterocycles. The number of nitrogens with one attached hydrogen (secondary N) is 1. The van der Waals surface area contributed by atoms with Gasteiger partial charge in [-0.1, -0.05) is 37.3 Å². The van der Waals surface area contributed by atoms with E-state index in [0.29, 0.717) is 19.3 Å². The van der Waals surface area contributed by atoms with Crippen LogP contribution >= 0.6 is 0 Å². The Bertz CT molecular complexity index is 508. The van der Waals surface area contributed by atoms with E-state index in [1.54, 1.807) is 0 Å². The van der Waals surface area contributed by atoms with E-state index in [1.165, 1.54) is 0 Å². The number of nitrogens with zero attached hydrogens (tertiary/aromatic N) is 1. The molecule has 1 N–H and O–H groups in total. The highest BCUT2D eigenvalue weighted by molar-refractivity contribution is 5.37. The Kier molecular flexibility index (Phi) is 4.72. The van der Waals surface area contributed by atoms with Crippen molar-refractivity contribution in [2.24, 2.45) is 0 Å². The molecular weight excluding hydrogens is 240 g/mol. The molecule has 0 saturated heterocycles. The normalized spacial score (nSPS) is 12.1. The Morgan fingerprint density at radius 2 is 2.11 bits per heavy atom. The molecule has 4 heteroatoms. The van der Waals surface area contributed by atoms with E-state index in [2.05, 4.69) is 16.9 Å². The molecule has 0 aliphatic carbocycles. The van der Waals surface area contributed by atoms with Crippen LogP contribution in [-0.4, -0.2) is 22.5 Å². The van der Waals surface area contributed by atoms with Gasteiger partial charge in [0.1, 0.15) is 11.9 Å². The van der Waals surface area contributed by atoms with Crippen molar-refractivity contribution in [3.05, 3.63) is 53.6 Å². The molecule has 19 heavy (non-hydrogen) atoms. The fraction of sp³-hybridized carbons (Fsp3) is 0.333. The first-order chi connectivity index (χ1) is 9.31. The Labute approximate surface area is 112 Å². The number of benzene rings is 1. The van der Waals surface area contributed by atoms with Gasteiger partial charge < -0.3 is 9.72 Å². The molecule has 0 aliphatic heterocycles. The highest BCUT2D eigenvalue weighted by atomic mass is 16.5. The van der Waals surface area contributed by atoms with Gasteiger partial charge in [0.05, 0.1) is 5.69 Å².